The van der Waals surface area contributed by atoms with Gasteiger partial charge in [-0.15, -0.1) is 0 Å². The number of ether oxygens (including phenoxy) is 2. The highest BCUT2D eigenvalue weighted by Gasteiger charge is 2.28. The molecule has 2 heterocycles. The lowest BCUT2D eigenvalue weighted by molar-refractivity contribution is -0.142. The number of benzene rings is 1. The van der Waals surface area contributed by atoms with Crippen LogP contribution in [0, 0.1) is 5.82 Å². The van der Waals surface area contributed by atoms with Crippen molar-refractivity contribution in [2.24, 2.45) is 0 Å². The molecule has 182 valence electrons. The van der Waals surface area contributed by atoms with Crippen molar-refractivity contribution in [2.45, 2.75) is 53.8 Å². The summed E-state index contributed by atoms with van der Waals surface area (Å²) in [6.07, 6.45) is -0.381. The maximum Gasteiger partial charge on any atom is 0.410 e. The average molecular weight is 548 g/mol. The predicted molar refractivity (Wildman–Crippen MR) is 129 cm³/mol. The Morgan fingerprint density at radius 2 is 1.79 bits per heavy atom. The molecule has 1 aromatic heterocycles. The van der Waals surface area contributed by atoms with Crippen molar-refractivity contribution in [2.75, 3.05) is 31.1 Å². The van der Waals surface area contributed by atoms with Crippen LogP contribution >= 0.6 is 27.5 Å². The molecule has 0 bridgehead atoms. The van der Waals surface area contributed by atoms with Gasteiger partial charge in [-0.1, -0.05) is 25.4 Å². The number of nitrogens with zero attached hydrogens (tertiary/aromatic N) is 4. The Morgan fingerprint density at radius 3 is 2.33 bits per heavy atom. The van der Waals surface area contributed by atoms with E-state index in [1.807, 2.05) is 39.5 Å². The molecule has 1 saturated heterocycles. The monoisotopic (exact) mass is 546 g/mol. The summed E-state index contributed by atoms with van der Waals surface area (Å²) in [6.45, 7) is 12.3. The highest BCUT2D eigenvalue weighted by atomic mass is 79.9. The van der Waals surface area contributed by atoms with Gasteiger partial charge in [0.25, 0.3) is 0 Å². The highest BCUT2D eigenvalue weighted by molar-refractivity contribution is 9.10. The summed E-state index contributed by atoms with van der Waals surface area (Å²) in [5.41, 5.74) is -0.511. The third-order valence-electron chi connectivity index (χ3n) is 4.49. The summed E-state index contributed by atoms with van der Waals surface area (Å²) in [5, 5.41) is 0.623. The molecule has 0 radical (unpaired) electrons. The molecule has 1 aliphatic rings. The fourth-order valence-electron chi connectivity index (χ4n) is 3.10. The van der Waals surface area contributed by atoms with E-state index in [0.717, 1.165) is 0 Å². The summed E-state index contributed by atoms with van der Waals surface area (Å²) in [7, 11) is 0. The molecule has 1 amide bonds. The van der Waals surface area contributed by atoms with Crippen LogP contribution in [0.3, 0.4) is 0 Å². The number of piperazine rings is 1. The van der Waals surface area contributed by atoms with Crippen molar-refractivity contribution in [3.8, 4) is 0 Å². The molecule has 0 N–H and O–H groups in total. The quantitative estimate of drug-likeness (QED) is 0.379. The number of hydrogen-bond donors (Lipinski definition) is 0. The molecule has 2 aromatic rings. The summed E-state index contributed by atoms with van der Waals surface area (Å²) in [6, 6.07) is 1.59. The van der Waals surface area contributed by atoms with Crippen LogP contribution in [0.15, 0.2) is 10.5 Å². The lowest BCUT2D eigenvalue weighted by atomic mass is 10.2. The van der Waals surface area contributed by atoms with Gasteiger partial charge in [-0.05, 0) is 42.8 Å². The number of halogens is 3. The average Bonchev–Trinajstić information content (AvgIpc) is 2.76. The van der Waals surface area contributed by atoms with E-state index < -0.39 is 17.4 Å². The standard InChI is InChI=1S/C20H23BrClFN4O4.C2H6/c1-11(28)30-10-14-24-17-12(9-13(22)15(21)16(17)23)18(25-14)26-5-7-27(8-6-26)19(29)31-20(2,3)4;1-2/h9H,5-8,10H2,1-4H3;1-2H3. The SMILES string of the molecule is CC.CC(=O)OCc1nc(N2CCN(C(=O)OC(C)(C)C)CC2)c2cc(Cl)c(Br)c(F)c2n1. The van der Waals surface area contributed by atoms with Crippen LogP contribution in [0.2, 0.25) is 5.02 Å². The van der Waals surface area contributed by atoms with Gasteiger partial charge in [-0.3, -0.25) is 4.79 Å². The molecular formula is C22H29BrClFN4O4. The van der Waals surface area contributed by atoms with Crippen LogP contribution in [-0.4, -0.2) is 58.7 Å². The second-order valence-electron chi connectivity index (χ2n) is 8.08. The van der Waals surface area contributed by atoms with Gasteiger partial charge in [-0.2, -0.15) is 0 Å². The number of esters is 1. The van der Waals surface area contributed by atoms with Gasteiger partial charge >= 0.3 is 12.1 Å². The van der Waals surface area contributed by atoms with E-state index in [2.05, 4.69) is 25.9 Å². The zero-order valence-electron chi connectivity index (χ0n) is 19.7. The minimum Gasteiger partial charge on any atom is -0.458 e. The van der Waals surface area contributed by atoms with E-state index >= 15 is 0 Å². The smallest absolute Gasteiger partial charge is 0.410 e. The van der Waals surface area contributed by atoms with E-state index in [1.54, 1.807) is 11.0 Å². The number of anilines is 1. The lowest BCUT2D eigenvalue weighted by Gasteiger charge is -2.36. The highest BCUT2D eigenvalue weighted by Crippen LogP contribution is 2.35. The minimum absolute atomic E-state index is 0.0676. The molecule has 33 heavy (non-hydrogen) atoms. The van der Waals surface area contributed by atoms with Crippen LogP contribution in [0.5, 0.6) is 0 Å². The zero-order chi connectivity index (χ0) is 24.9. The van der Waals surface area contributed by atoms with Gasteiger partial charge in [0, 0.05) is 38.5 Å². The number of fused-ring (bicyclic) bond motifs is 1. The summed E-state index contributed by atoms with van der Waals surface area (Å²) in [4.78, 5) is 35.8. The molecule has 0 aliphatic carbocycles. The van der Waals surface area contributed by atoms with Gasteiger partial charge in [0.05, 0.1) is 9.50 Å². The van der Waals surface area contributed by atoms with Crippen molar-refractivity contribution in [1.82, 2.24) is 14.9 Å². The maximum atomic E-state index is 14.9. The summed E-state index contributed by atoms with van der Waals surface area (Å²) < 4.78 is 25.4. The number of rotatable bonds is 3. The molecule has 1 aromatic carbocycles. The van der Waals surface area contributed by atoms with Crippen LogP contribution in [0.4, 0.5) is 15.0 Å². The van der Waals surface area contributed by atoms with Gasteiger partial charge in [0.1, 0.15) is 16.9 Å². The van der Waals surface area contributed by atoms with Crippen molar-refractivity contribution in [1.29, 1.82) is 0 Å². The Kier molecular flexibility index (Phi) is 9.25. The Morgan fingerprint density at radius 1 is 1.18 bits per heavy atom. The van der Waals surface area contributed by atoms with Crippen LogP contribution in [0.1, 0.15) is 47.4 Å². The number of carbonyl (C=O) groups excluding carboxylic acids is 2. The first-order valence-corrected chi connectivity index (χ1v) is 11.8. The number of carbonyl (C=O) groups is 2. The summed E-state index contributed by atoms with van der Waals surface area (Å²) in [5.74, 6) is -0.485. The fourth-order valence-corrected chi connectivity index (χ4v) is 3.60. The molecule has 0 unspecified atom stereocenters. The summed E-state index contributed by atoms with van der Waals surface area (Å²) >= 11 is 9.30. The molecule has 3 rings (SSSR count). The lowest BCUT2D eigenvalue weighted by Crippen LogP contribution is -2.50. The van der Waals surface area contributed by atoms with E-state index in [-0.39, 0.29) is 33.5 Å². The second kappa shape index (κ2) is 11.3. The van der Waals surface area contributed by atoms with E-state index in [1.165, 1.54) is 6.92 Å². The van der Waals surface area contributed by atoms with Crippen molar-refractivity contribution < 1.29 is 23.5 Å². The van der Waals surface area contributed by atoms with Crippen LogP contribution in [-0.2, 0) is 20.9 Å². The molecule has 0 atom stereocenters. The van der Waals surface area contributed by atoms with E-state index in [0.29, 0.717) is 37.4 Å². The van der Waals surface area contributed by atoms with Crippen molar-refractivity contribution in [3.63, 3.8) is 0 Å². The first-order chi connectivity index (χ1) is 15.5. The first kappa shape index (κ1) is 27.0. The zero-order valence-corrected chi connectivity index (χ0v) is 22.0. The van der Waals surface area contributed by atoms with E-state index in [9.17, 15) is 14.0 Å². The normalized spacial score (nSPS) is 14.0. The Balaban J connectivity index is 0.00000187. The molecular weight excluding hydrogens is 519 g/mol. The number of hydrogen-bond acceptors (Lipinski definition) is 7. The first-order valence-electron chi connectivity index (χ1n) is 10.7. The van der Waals surface area contributed by atoms with Crippen molar-refractivity contribution >= 4 is 56.3 Å². The third-order valence-corrected chi connectivity index (χ3v) is 5.79. The Bertz CT molecular complexity index is 1020. The number of aromatic nitrogens is 2. The van der Waals surface area contributed by atoms with Gasteiger partial charge in [0.15, 0.2) is 18.2 Å². The largest absolute Gasteiger partial charge is 0.458 e. The van der Waals surface area contributed by atoms with Crippen molar-refractivity contribution in [3.05, 3.63) is 27.2 Å². The van der Waals surface area contributed by atoms with Crippen LogP contribution < -0.4 is 4.90 Å². The third kappa shape index (κ3) is 6.89. The number of amides is 1. The van der Waals surface area contributed by atoms with Gasteiger partial charge in [0.2, 0.25) is 0 Å². The Hall–Kier alpha value is -2.20. The maximum absolute atomic E-state index is 14.9. The molecule has 1 aliphatic heterocycles. The predicted octanol–water partition coefficient (Wildman–Crippen LogP) is 5.33. The topological polar surface area (TPSA) is 84.9 Å². The molecule has 0 spiro atoms. The molecule has 0 saturated carbocycles. The van der Waals surface area contributed by atoms with E-state index in [4.69, 9.17) is 21.1 Å². The molecule has 11 heteroatoms. The molecule has 8 nitrogen and oxygen atoms in total. The minimum atomic E-state index is -0.623. The van der Waals surface area contributed by atoms with Gasteiger partial charge in [-0.25, -0.2) is 19.2 Å². The van der Waals surface area contributed by atoms with Crippen LogP contribution in [0.25, 0.3) is 10.9 Å². The Labute approximate surface area is 206 Å². The molecule has 1 fully saturated rings. The van der Waals surface area contributed by atoms with Gasteiger partial charge < -0.3 is 19.3 Å². The fraction of sp³-hybridized carbons (Fsp3) is 0.545. The second-order valence-corrected chi connectivity index (χ2v) is 9.28.